The molecule has 0 saturated carbocycles. The highest BCUT2D eigenvalue weighted by atomic mass is 32.3. The smallest absolute Gasteiger partial charge is 0.0644 e. The zero-order valence-electron chi connectivity index (χ0n) is 14.5. The summed E-state index contributed by atoms with van der Waals surface area (Å²) in [6, 6.07) is 0. The summed E-state index contributed by atoms with van der Waals surface area (Å²) in [5.41, 5.74) is -0.0858. The van der Waals surface area contributed by atoms with E-state index in [1.165, 1.54) is 17.9 Å². The number of rotatable bonds is 10. The Bertz CT molecular complexity index is 223. The first-order valence-corrected chi connectivity index (χ1v) is 10.2. The Balaban J connectivity index is 3.93. The summed E-state index contributed by atoms with van der Waals surface area (Å²) in [4.78, 5) is 0. The standard InChI is InChI=1S/C16H36O2S/c1-9-19(7,8)14-10-11-16(4,5)18-13-12-15(2,3)17-6/h9-14H2,1-8H3. The van der Waals surface area contributed by atoms with Gasteiger partial charge >= 0.3 is 0 Å². The average Bonchev–Trinajstić information content (AvgIpc) is 2.28. The van der Waals surface area contributed by atoms with Crippen molar-refractivity contribution in [1.29, 1.82) is 0 Å². The van der Waals surface area contributed by atoms with Crippen LogP contribution in [-0.4, -0.2) is 48.9 Å². The predicted molar refractivity (Wildman–Crippen MR) is 89.8 cm³/mol. The molecule has 0 saturated heterocycles. The van der Waals surface area contributed by atoms with Crippen molar-refractivity contribution in [3.8, 4) is 0 Å². The minimum Gasteiger partial charge on any atom is -0.379 e. The quantitative estimate of drug-likeness (QED) is 0.592. The van der Waals surface area contributed by atoms with Crippen LogP contribution >= 0.6 is 10.0 Å². The van der Waals surface area contributed by atoms with Crippen molar-refractivity contribution in [3.05, 3.63) is 0 Å². The van der Waals surface area contributed by atoms with Gasteiger partial charge in [-0.15, -0.1) is 0 Å². The van der Waals surface area contributed by atoms with E-state index >= 15 is 0 Å². The van der Waals surface area contributed by atoms with E-state index in [-0.39, 0.29) is 21.2 Å². The summed E-state index contributed by atoms with van der Waals surface area (Å²) < 4.78 is 11.5. The van der Waals surface area contributed by atoms with Crippen molar-refractivity contribution in [1.82, 2.24) is 0 Å². The summed E-state index contributed by atoms with van der Waals surface area (Å²) in [6.45, 7) is 11.7. The molecule has 0 spiro atoms. The Labute approximate surface area is 122 Å². The largest absolute Gasteiger partial charge is 0.379 e. The predicted octanol–water partition coefficient (Wildman–Crippen LogP) is 4.46. The molecule has 2 nitrogen and oxygen atoms in total. The lowest BCUT2D eigenvalue weighted by Crippen LogP contribution is -2.30. The molecule has 19 heavy (non-hydrogen) atoms. The average molecular weight is 293 g/mol. The van der Waals surface area contributed by atoms with Gasteiger partial charge in [-0.05, 0) is 71.0 Å². The fraction of sp³-hybridized carbons (Fsp3) is 1.00. The first kappa shape index (κ1) is 19.3. The van der Waals surface area contributed by atoms with E-state index in [0.29, 0.717) is 0 Å². The fourth-order valence-corrected chi connectivity index (χ4v) is 2.99. The van der Waals surface area contributed by atoms with Crippen molar-refractivity contribution >= 4 is 10.0 Å². The maximum Gasteiger partial charge on any atom is 0.0644 e. The molecule has 0 unspecified atom stereocenters. The first-order valence-electron chi connectivity index (χ1n) is 7.41. The van der Waals surface area contributed by atoms with Crippen LogP contribution in [0.5, 0.6) is 0 Å². The fourth-order valence-electron chi connectivity index (χ4n) is 1.78. The lowest BCUT2D eigenvalue weighted by atomic mass is 10.0. The van der Waals surface area contributed by atoms with Crippen LogP contribution in [0, 0.1) is 0 Å². The highest BCUT2D eigenvalue weighted by Crippen LogP contribution is 2.40. The highest BCUT2D eigenvalue weighted by molar-refractivity contribution is 8.32. The van der Waals surface area contributed by atoms with E-state index < -0.39 is 0 Å². The Kier molecular flexibility index (Phi) is 8.01. The van der Waals surface area contributed by atoms with Gasteiger partial charge in [0.2, 0.25) is 0 Å². The number of hydrogen-bond donors (Lipinski definition) is 0. The zero-order valence-corrected chi connectivity index (χ0v) is 15.3. The third-order valence-corrected chi connectivity index (χ3v) is 6.96. The van der Waals surface area contributed by atoms with Gasteiger partial charge in [-0.2, -0.15) is 0 Å². The van der Waals surface area contributed by atoms with Crippen LogP contribution in [0.4, 0.5) is 0 Å². The minimum atomic E-state index is -0.365. The van der Waals surface area contributed by atoms with Crippen LogP contribution in [0.25, 0.3) is 0 Å². The van der Waals surface area contributed by atoms with Crippen LogP contribution in [0.2, 0.25) is 0 Å². The molecule has 0 aromatic rings. The third kappa shape index (κ3) is 9.75. The van der Waals surface area contributed by atoms with Gasteiger partial charge in [0.05, 0.1) is 17.8 Å². The number of ether oxygens (including phenoxy) is 2. The van der Waals surface area contributed by atoms with Crippen molar-refractivity contribution in [2.75, 3.05) is 37.7 Å². The van der Waals surface area contributed by atoms with E-state index in [4.69, 9.17) is 9.47 Å². The van der Waals surface area contributed by atoms with Crippen molar-refractivity contribution in [2.24, 2.45) is 0 Å². The molecule has 0 radical (unpaired) electrons. The Morgan fingerprint density at radius 2 is 1.53 bits per heavy atom. The van der Waals surface area contributed by atoms with Gasteiger partial charge < -0.3 is 9.47 Å². The van der Waals surface area contributed by atoms with Gasteiger partial charge in [-0.1, -0.05) is 6.92 Å². The summed E-state index contributed by atoms with van der Waals surface area (Å²) in [5, 5.41) is 0. The SMILES string of the molecule is CCS(C)(C)CCCC(C)(C)OCCC(C)(C)OC. The topological polar surface area (TPSA) is 18.5 Å². The Morgan fingerprint density at radius 1 is 0.947 bits per heavy atom. The molecule has 0 aliphatic carbocycles. The molecule has 0 heterocycles. The molecule has 0 bridgehead atoms. The van der Waals surface area contributed by atoms with Gasteiger partial charge in [0.15, 0.2) is 0 Å². The minimum absolute atomic E-state index is 0.00686. The van der Waals surface area contributed by atoms with E-state index in [1.807, 2.05) is 0 Å². The molecule has 0 atom stereocenters. The van der Waals surface area contributed by atoms with E-state index in [0.717, 1.165) is 19.4 Å². The van der Waals surface area contributed by atoms with Crippen LogP contribution in [0.1, 0.15) is 53.9 Å². The lowest BCUT2D eigenvalue weighted by Gasteiger charge is -2.32. The second kappa shape index (κ2) is 7.90. The molecule has 0 aromatic carbocycles. The zero-order chi connectivity index (χ0) is 15.2. The van der Waals surface area contributed by atoms with Gasteiger partial charge in [-0.3, -0.25) is 0 Å². The second-order valence-corrected chi connectivity index (χ2v) is 11.7. The van der Waals surface area contributed by atoms with Gasteiger partial charge in [0, 0.05) is 7.11 Å². The summed E-state index contributed by atoms with van der Waals surface area (Å²) in [6.07, 6.45) is 8.23. The summed E-state index contributed by atoms with van der Waals surface area (Å²) in [5.74, 6) is 2.69. The van der Waals surface area contributed by atoms with Crippen LogP contribution in [0.3, 0.4) is 0 Å². The molecule has 0 rings (SSSR count). The molecule has 0 N–H and O–H groups in total. The molecule has 0 aliphatic heterocycles. The monoisotopic (exact) mass is 292 g/mol. The van der Waals surface area contributed by atoms with Crippen LogP contribution in [0.15, 0.2) is 0 Å². The lowest BCUT2D eigenvalue weighted by molar-refractivity contribution is -0.0611. The Morgan fingerprint density at radius 3 is 2.00 bits per heavy atom. The number of hydrogen-bond acceptors (Lipinski definition) is 2. The van der Waals surface area contributed by atoms with Gasteiger partial charge in [0.25, 0.3) is 0 Å². The molecule has 0 fully saturated rings. The number of methoxy groups -OCH3 is 1. The molecular weight excluding hydrogens is 256 g/mol. The van der Waals surface area contributed by atoms with E-state index in [1.54, 1.807) is 7.11 Å². The van der Waals surface area contributed by atoms with Crippen LogP contribution < -0.4 is 0 Å². The maximum atomic E-state index is 6.04. The summed E-state index contributed by atoms with van der Waals surface area (Å²) in [7, 11) is 1.40. The summed E-state index contributed by atoms with van der Waals surface area (Å²) >= 11 is 0. The molecular formula is C16H36O2S. The molecule has 0 aromatic heterocycles. The second-order valence-electron chi connectivity index (χ2n) is 7.19. The van der Waals surface area contributed by atoms with Crippen molar-refractivity contribution in [2.45, 2.75) is 65.1 Å². The van der Waals surface area contributed by atoms with Gasteiger partial charge in [0.1, 0.15) is 0 Å². The van der Waals surface area contributed by atoms with Gasteiger partial charge in [-0.25, -0.2) is 10.0 Å². The molecule has 0 amide bonds. The molecule has 3 heteroatoms. The van der Waals surface area contributed by atoms with E-state index in [2.05, 4.69) is 47.1 Å². The third-order valence-electron chi connectivity index (χ3n) is 4.01. The first-order chi connectivity index (χ1) is 8.54. The molecule has 118 valence electrons. The molecule has 0 aliphatic rings. The van der Waals surface area contributed by atoms with Crippen molar-refractivity contribution in [3.63, 3.8) is 0 Å². The van der Waals surface area contributed by atoms with Crippen molar-refractivity contribution < 1.29 is 9.47 Å². The van der Waals surface area contributed by atoms with E-state index in [9.17, 15) is 0 Å². The highest BCUT2D eigenvalue weighted by Gasteiger charge is 2.22. The van der Waals surface area contributed by atoms with Crippen LogP contribution in [-0.2, 0) is 9.47 Å². The Hall–Kier alpha value is 0.270. The maximum absolute atomic E-state index is 6.04. The normalized spacial score (nSPS) is 14.7.